The van der Waals surface area contributed by atoms with E-state index >= 15 is 0 Å². The van der Waals surface area contributed by atoms with E-state index in [4.69, 9.17) is 19.9 Å². The summed E-state index contributed by atoms with van der Waals surface area (Å²) in [5.41, 5.74) is 6.82. The zero-order chi connectivity index (χ0) is 23.7. The van der Waals surface area contributed by atoms with Gasteiger partial charge in [-0.2, -0.15) is 0 Å². The average molecular weight is 471 g/mol. The van der Waals surface area contributed by atoms with E-state index in [2.05, 4.69) is 25.1 Å². The van der Waals surface area contributed by atoms with Crippen LogP contribution < -0.4 is 15.9 Å². The Morgan fingerprint density at radius 3 is 2.22 bits per heavy atom. The molecule has 0 aliphatic rings. The quantitative estimate of drug-likeness (QED) is 0.212. The molecule has 178 valence electrons. The molecule has 32 heavy (non-hydrogen) atoms. The lowest BCUT2D eigenvalue weighted by molar-refractivity contribution is -0.143. The second-order valence-corrected chi connectivity index (χ2v) is 9.13. The Labute approximate surface area is 185 Å². The predicted molar refractivity (Wildman–Crippen MR) is 117 cm³/mol. The highest BCUT2D eigenvalue weighted by Gasteiger charge is 2.33. The number of carbonyl (C=O) groups excluding carboxylic acids is 2. The molecule has 2 aromatic heterocycles. The Morgan fingerprint density at radius 2 is 1.69 bits per heavy atom. The zero-order valence-corrected chi connectivity index (χ0v) is 19.5. The minimum atomic E-state index is -3.56. The van der Waals surface area contributed by atoms with Gasteiger partial charge in [-0.25, -0.2) is 25.1 Å². The van der Waals surface area contributed by atoms with Crippen molar-refractivity contribution in [1.29, 1.82) is 0 Å². The first-order valence-corrected chi connectivity index (χ1v) is 12.0. The monoisotopic (exact) mass is 471 g/mol. The summed E-state index contributed by atoms with van der Waals surface area (Å²) in [5.74, 6) is -0.861. The van der Waals surface area contributed by atoms with Gasteiger partial charge in [0.05, 0.1) is 27.2 Å². The minimum Gasteiger partial charge on any atom is -0.468 e. The van der Waals surface area contributed by atoms with Gasteiger partial charge in [0, 0.05) is 6.54 Å². The molecular formula is C18H30N7O6P. The van der Waals surface area contributed by atoms with Crippen molar-refractivity contribution in [2.75, 3.05) is 32.9 Å². The number of hydrogen-bond acceptors (Lipinski definition) is 10. The number of hydrogen-bond donors (Lipinski definition) is 3. The Bertz CT molecular complexity index is 938. The molecule has 2 unspecified atom stereocenters. The lowest BCUT2D eigenvalue weighted by atomic mass is 10.2. The number of methoxy groups -OCH3 is 2. The number of nitrogens with zero attached hydrogens (tertiary/aromatic N) is 4. The van der Waals surface area contributed by atoms with Crippen LogP contribution in [0.4, 0.5) is 5.82 Å². The summed E-state index contributed by atoms with van der Waals surface area (Å²) in [7, 11) is -1.06. The molecule has 0 aliphatic heterocycles. The molecule has 4 N–H and O–H groups in total. The molecule has 0 fully saturated rings. The molecule has 13 nitrogen and oxygen atoms in total. The Kier molecular flexibility index (Phi) is 9.51. The number of fused-ring (bicyclic) bond motifs is 1. The predicted octanol–water partition coefficient (Wildman–Crippen LogP) is 0.658. The van der Waals surface area contributed by atoms with Crippen molar-refractivity contribution in [3.8, 4) is 0 Å². The van der Waals surface area contributed by atoms with Crippen LogP contribution in [0.2, 0.25) is 0 Å². The van der Waals surface area contributed by atoms with Gasteiger partial charge in [-0.05, 0) is 12.8 Å². The molecule has 0 saturated heterocycles. The van der Waals surface area contributed by atoms with Crippen LogP contribution in [0.3, 0.4) is 0 Å². The number of imidazole rings is 1. The minimum absolute atomic E-state index is 0.159. The van der Waals surface area contributed by atoms with E-state index in [-0.39, 0.29) is 18.8 Å². The van der Waals surface area contributed by atoms with Gasteiger partial charge in [0.25, 0.3) is 0 Å². The summed E-state index contributed by atoms with van der Waals surface area (Å²) < 4.78 is 30.5. The molecule has 2 rings (SSSR count). The number of aromatic nitrogens is 4. The highest BCUT2D eigenvalue weighted by molar-refractivity contribution is 7.59. The molecule has 0 aliphatic carbocycles. The van der Waals surface area contributed by atoms with Crippen LogP contribution in [-0.2, 0) is 34.9 Å². The van der Waals surface area contributed by atoms with E-state index in [0.29, 0.717) is 30.6 Å². The van der Waals surface area contributed by atoms with E-state index in [9.17, 15) is 14.2 Å². The average Bonchev–Trinajstić information content (AvgIpc) is 3.22. The molecule has 0 saturated carbocycles. The molecule has 0 bridgehead atoms. The number of nitrogens with one attached hydrogen (secondary N) is 2. The highest BCUT2D eigenvalue weighted by atomic mass is 31.2. The van der Waals surface area contributed by atoms with Gasteiger partial charge >= 0.3 is 11.9 Å². The Morgan fingerprint density at radius 1 is 1.09 bits per heavy atom. The number of nitrogen functional groups attached to an aromatic ring is 1. The van der Waals surface area contributed by atoms with Crippen LogP contribution in [0.15, 0.2) is 12.7 Å². The summed E-state index contributed by atoms with van der Waals surface area (Å²) >= 11 is 0. The fraction of sp³-hybridized carbons (Fsp3) is 0.611. The van der Waals surface area contributed by atoms with Gasteiger partial charge < -0.3 is 24.5 Å². The molecule has 0 amide bonds. The topological polar surface area (TPSA) is 173 Å². The maximum Gasteiger partial charge on any atom is 0.323 e. The lowest BCUT2D eigenvalue weighted by Crippen LogP contribution is -2.44. The molecule has 0 aromatic carbocycles. The van der Waals surface area contributed by atoms with Crippen molar-refractivity contribution in [2.24, 2.45) is 0 Å². The van der Waals surface area contributed by atoms with Crippen LogP contribution in [0, 0.1) is 0 Å². The van der Waals surface area contributed by atoms with Crippen LogP contribution in [0.25, 0.3) is 11.2 Å². The van der Waals surface area contributed by atoms with Crippen LogP contribution in [0.1, 0.15) is 26.7 Å². The first-order chi connectivity index (χ1) is 15.3. The number of carbonyl (C=O) groups is 2. The number of rotatable bonds is 13. The zero-order valence-electron chi connectivity index (χ0n) is 18.6. The van der Waals surface area contributed by atoms with Crippen molar-refractivity contribution in [1.82, 2.24) is 29.7 Å². The van der Waals surface area contributed by atoms with E-state index in [1.54, 1.807) is 24.7 Å². The van der Waals surface area contributed by atoms with Gasteiger partial charge in [-0.3, -0.25) is 14.2 Å². The molecule has 0 radical (unpaired) electrons. The maximum atomic E-state index is 13.6. The third-order valence-corrected chi connectivity index (χ3v) is 6.70. The summed E-state index contributed by atoms with van der Waals surface area (Å²) in [6.07, 6.45) is 3.28. The van der Waals surface area contributed by atoms with Crippen LogP contribution >= 0.6 is 7.44 Å². The molecular weight excluding hydrogens is 441 g/mol. The highest BCUT2D eigenvalue weighted by Crippen LogP contribution is 2.38. The van der Waals surface area contributed by atoms with Crippen molar-refractivity contribution >= 4 is 36.4 Å². The van der Waals surface area contributed by atoms with Crippen LogP contribution in [0.5, 0.6) is 0 Å². The Hall–Kier alpha value is -2.60. The fourth-order valence-corrected chi connectivity index (χ4v) is 5.13. The second kappa shape index (κ2) is 11.9. The van der Waals surface area contributed by atoms with Crippen LogP contribution in [-0.4, -0.2) is 70.7 Å². The maximum absolute atomic E-state index is 13.6. The summed E-state index contributed by atoms with van der Waals surface area (Å²) in [5, 5.41) is 5.57. The van der Waals surface area contributed by atoms with Crippen molar-refractivity contribution < 1.29 is 28.4 Å². The van der Waals surface area contributed by atoms with E-state index in [1.807, 2.05) is 0 Å². The number of ether oxygens (including phenoxy) is 3. The molecule has 2 aromatic rings. The third kappa shape index (κ3) is 6.45. The summed E-state index contributed by atoms with van der Waals surface area (Å²) in [6.45, 7) is 4.01. The molecule has 14 heteroatoms. The van der Waals surface area contributed by atoms with Crippen molar-refractivity contribution in [2.45, 2.75) is 45.3 Å². The first-order valence-electron chi connectivity index (χ1n) is 10.1. The van der Waals surface area contributed by atoms with Gasteiger partial charge in [0.1, 0.15) is 30.3 Å². The van der Waals surface area contributed by atoms with E-state index in [1.165, 1.54) is 20.5 Å². The van der Waals surface area contributed by atoms with Crippen molar-refractivity contribution in [3.63, 3.8) is 0 Å². The van der Waals surface area contributed by atoms with Crippen molar-refractivity contribution in [3.05, 3.63) is 12.7 Å². The normalized spacial score (nSPS) is 15.1. The summed E-state index contributed by atoms with van der Waals surface area (Å²) in [4.78, 5) is 36.2. The molecule has 2 atom stereocenters. The van der Waals surface area contributed by atoms with E-state index in [0.717, 1.165) is 0 Å². The fourth-order valence-electron chi connectivity index (χ4n) is 2.94. The van der Waals surface area contributed by atoms with Gasteiger partial charge in [0.15, 0.2) is 11.5 Å². The lowest BCUT2D eigenvalue weighted by Gasteiger charge is -2.27. The number of anilines is 1. The van der Waals surface area contributed by atoms with Gasteiger partial charge in [0.2, 0.25) is 7.44 Å². The first kappa shape index (κ1) is 25.7. The van der Waals surface area contributed by atoms with E-state index < -0.39 is 31.5 Å². The number of esters is 2. The Balaban J connectivity index is 2.09. The molecule has 2 heterocycles. The largest absolute Gasteiger partial charge is 0.468 e. The standard InChI is InChI=1S/C18H30N7O6P/c1-5-12(17(26)29-3)23-32(28,24-13(6-2)18(27)30-4)11-31-8-7-25-10-22-14-15(19)20-9-21-16(14)25/h9-10,12-13H,5-8,11H2,1-4H3,(H2,19,20,21)(H2,23,24,28). The summed E-state index contributed by atoms with van der Waals surface area (Å²) in [6, 6.07) is -1.68. The second-order valence-electron chi connectivity index (χ2n) is 6.87. The van der Waals surface area contributed by atoms with Gasteiger partial charge in [-0.1, -0.05) is 13.8 Å². The van der Waals surface area contributed by atoms with Gasteiger partial charge in [-0.15, -0.1) is 0 Å². The number of nitrogens with two attached hydrogens (primary N) is 1. The smallest absolute Gasteiger partial charge is 0.323 e. The SMILES string of the molecule is CCC(NP(=O)(COCCn1cnc2c(N)ncnc21)NC(CC)C(=O)OC)C(=O)OC. The molecule has 0 spiro atoms. The third-order valence-electron chi connectivity index (χ3n) is 4.70.